The van der Waals surface area contributed by atoms with E-state index in [1.54, 1.807) is 0 Å². The van der Waals surface area contributed by atoms with Crippen molar-refractivity contribution in [3.8, 4) is 0 Å². The number of hydrogen-bond acceptors (Lipinski definition) is 1. The van der Waals surface area contributed by atoms with Gasteiger partial charge in [-0.05, 0) is 49.8 Å². The number of rotatable bonds is 5. The SMILES string of the molecule is O=C(NCCC1=CCCCC1)c1ccc(CCl)cc1. The molecule has 0 aliphatic heterocycles. The highest BCUT2D eigenvalue weighted by Crippen LogP contribution is 2.19. The molecule has 0 radical (unpaired) electrons. The van der Waals surface area contributed by atoms with E-state index in [1.165, 1.54) is 31.3 Å². The zero-order valence-corrected chi connectivity index (χ0v) is 11.9. The molecule has 0 atom stereocenters. The number of allylic oxidation sites excluding steroid dienone is 1. The predicted octanol–water partition coefficient (Wildman–Crippen LogP) is 4.05. The highest BCUT2D eigenvalue weighted by Gasteiger charge is 2.06. The fraction of sp³-hybridized carbons (Fsp3) is 0.438. The van der Waals surface area contributed by atoms with Crippen LogP contribution in [0.3, 0.4) is 0 Å². The van der Waals surface area contributed by atoms with Gasteiger partial charge < -0.3 is 5.32 Å². The topological polar surface area (TPSA) is 29.1 Å². The van der Waals surface area contributed by atoms with Gasteiger partial charge in [-0.1, -0.05) is 23.8 Å². The molecule has 0 saturated heterocycles. The molecule has 3 heteroatoms. The number of benzene rings is 1. The van der Waals surface area contributed by atoms with Crippen LogP contribution in [0.5, 0.6) is 0 Å². The van der Waals surface area contributed by atoms with Gasteiger partial charge >= 0.3 is 0 Å². The third-order valence-electron chi connectivity index (χ3n) is 3.49. The van der Waals surface area contributed by atoms with E-state index >= 15 is 0 Å². The molecule has 0 heterocycles. The molecule has 1 aliphatic rings. The monoisotopic (exact) mass is 277 g/mol. The maximum Gasteiger partial charge on any atom is 0.251 e. The molecule has 1 aromatic carbocycles. The van der Waals surface area contributed by atoms with Gasteiger partial charge in [-0.15, -0.1) is 11.6 Å². The first-order chi connectivity index (χ1) is 9.29. The average Bonchev–Trinajstić information content (AvgIpc) is 2.48. The lowest BCUT2D eigenvalue weighted by molar-refractivity contribution is 0.0954. The van der Waals surface area contributed by atoms with Gasteiger partial charge in [-0.3, -0.25) is 4.79 Å². The zero-order valence-electron chi connectivity index (χ0n) is 11.1. The van der Waals surface area contributed by atoms with E-state index in [4.69, 9.17) is 11.6 Å². The van der Waals surface area contributed by atoms with Crippen molar-refractivity contribution in [3.63, 3.8) is 0 Å². The van der Waals surface area contributed by atoms with Crippen molar-refractivity contribution in [2.75, 3.05) is 6.54 Å². The number of carbonyl (C=O) groups excluding carboxylic acids is 1. The van der Waals surface area contributed by atoms with Crippen LogP contribution >= 0.6 is 11.6 Å². The Bertz CT molecular complexity index is 450. The number of amides is 1. The van der Waals surface area contributed by atoms with Gasteiger partial charge in [0.15, 0.2) is 0 Å². The summed E-state index contributed by atoms with van der Waals surface area (Å²) in [6.45, 7) is 0.724. The summed E-state index contributed by atoms with van der Waals surface area (Å²) in [5, 5.41) is 2.97. The molecule has 1 aliphatic carbocycles. The molecule has 1 amide bonds. The maximum atomic E-state index is 11.9. The molecule has 2 nitrogen and oxygen atoms in total. The molecule has 0 saturated carbocycles. The summed E-state index contributed by atoms with van der Waals surface area (Å²) in [7, 11) is 0. The van der Waals surface area contributed by atoms with Gasteiger partial charge in [0, 0.05) is 18.0 Å². The fourth-order valence-corrected chi connectivity index (χ4v) is 2.49. The van der Waals surface area contributed by atoms with Crippen LogP contribution in [0.15, 0.2) is 35.9 Å². The summed E-state index contributed by atoms with van der Waals surface area (Å²) >= 11 is 5.72. The largest absolute Gasteiger partial charge is 0.352 e. The van der Waals surface area contributed by atoms with Crippen molar-refractivity contribution in [1.82, 2.24) is 5.32 Å². The quantitative estimate of drug-likeness (QED) is 0.639. The van der Waals surface area contributed by atoms with Gasteiger partial charge in [0.25, 0.3) is 5.91 Å². The number of halogens is 1. The van der Waals surface area contributed by atoms with E-state index in [-0.39, 0.29) is 5.91 Å². The van der Waals surface area contributed by atoms with Crippen LogP contribution in [0.2, 0.25) is 0 Å². The molecule has 0 unspecified atom stereocenters. The van der Waals surface area contributed by atoms with E-state index in [2.05, 4.69) is 11.4 Å². The molecule has 0 spiro atoms. The van der Waals surface area contributed by atoms with Crippen LogP contribution in [0, 0.1) is 0 Å². The van der Waals surface area contributed by atoms with Gasteiger partial charge in [0.2, 0.25) is 0 Å². The molecular weight excluding hydrogens is 258 g/mol. The fourth-order valence-electron chi connectivity index (χ4n) is 2.32. The molecule has 1 aromatic rings. The Morgan fingerprint density at radius 1 is 1.21 bits per heavy atom. The molecule has 0 bridgehead atoms. The third kappa shape index (κ3) is 4.39. The lowest BCUT2D eigenvalue weighted by atomic mass is 9.97. The molecule has 2 rings (SSSR count). The minimum atomic E-state index is -0.00229. The Kier molecular flexibility index (Phi) is 5.46. The Labute approximate surface area is 119 Å². The van der Waals surface area contributed by atoms with Crippen molar-refractivity contribution in [2.24, 2.45) is 0 Å². The number of alkyl halides is 1. The molecule has 102 valence electrons. The summed E-state index contributed by atoms with van der Waals surface area (Å²) in [6, 6.07) is 7.44. The molecule has 0 fully saturated rings. The first-order valence-electron chi connectivity index (χ1n) is 6.90. The second-order valence-corrected chi connectivity index (χ2v) is 5.21. The molecule has 1 N–H and O–H groups in total. The van der Waals surface area contributed by atoms with E-state index in [9.17, 15) is 4.79 Å². The Morgan fingerprint density at radius 2 is 2.00 bits per heavy atom. The van der Waals surface area contributed by atoms with Gasteiger partial charge in [0.1, 0.15) is 0 Å². The van der Waals surface area contributed by atoms with Crippen LogP contribution in [0.4, 0.5) is 0 Å². The van der Waals surface area contributed by atoms with E-state index < -0.39 is 0 Å². The summed E-state index contributed by atoms with van der Waals surface area (Å²) in [5.41, 5.74) is 3.22. The van der Waals surface area contributed by atoms with Crippen molar-refractivity contribution in [1.29, 1.82) is 0 Å². The van der Waals surface area contributed by atoms with Crippen LogP contribution in [0.1, 0.15) is 48.0 Å². The number of nitrogens with one attached hydrogen (secondary N) is 1. The summed E-state index contributed by atoms with van der Waals surface area (Å²) in [5.74, 6) is 0.480. The van der Waals surface area contributed by atoms with E-state index in [1.807, 2.05) is 24.3 Å². The maximum absolute atomic E-state index is 11.9. The highest BCUT2D eigenvalue weighted by atomic mass is 35.5. The average molecular weight is 278 g/mol. The van der Waals surface area contributed by atoms with Crippen LogP contribution in [-0.4, -0.2) is 12.5 Å². The predicted molar refractivity (Wildman–Crippen MR) is 79.5 cm³/mol. The van der Waals surface area contributed by atoms with Gasteiger partial charge in [0.05, 0.1) is 0 Å². The number of carbonyl (C=O) groups is 1. The standard InChI is InChI=1S/C16H20ClNO/c17-12-14-6-8-15(9-7-14)16(19)18-11-10-13-4-2-1-3-5-13/h4,6-9H,1-3,5,10-12H2,(H,18,19). The zero-order chi connectivity index (χ0) is 13.5. The van der Waals surface area contributed by atoms with E-state index in [0.717, 1.165) is 18.5 Å². The summed E-state index contributed by atoms with van der Waals surface area (Å²) in [4.78, 5) is 11.9. The number of hydrogen-bond donors (Lipinski definition) is 1. The van der Waals surface area contributed by atoms with Crippen molar-refractivity contribution < 1.29 is 4.79 Å². The van der Waals surface area contributed by atoms with Crippen LogP contribution in [-0.2, 0) is 5.88 Å². The highest BCUT2D eigenvalue weighted by molar-refractivity contribution is 6.17. The van der Waals surface area contributed by atoms with Crippen LogP contribution < -0.4 is 5.32 Å². The van der Waals surface area contributed by atoms with Crippen molar-refractivity contribution in [2.45, 2.75) is 38.0 Å². The van der Waals surface area contributed by atoms with Gasteiger partial charge in [-0.25, -0.2) is 0 Å². The minimum Gasteiger partial charge on any atom is -0.352 e. The normalized spacial score (nSPS) is 14.9. The van der Waals surface area contributed by atoms with Crippen molar-refractivity contribution >= 4 is 17.5 Å². The summed E-state index contributed by atoms with van der Waals surface area (Å²) < 4.78 is 0. The van der Waals surface area contributed by atoms with Gasteiger partial charge in [-0.2, -0.15) is 0 Å². The van der Waals surface area contributed by atoms with Crippen LogP contribution in [0.25, 0.3) is 0 Å². The summed E-state index contributed by atoms with van der Waals surface area (Å²) in [6.07, 6.45) is 8.29. The van der Waals surface area contributed by atoms with E-state index in [0.29, 0.717) is 11.4 Å². The third-order valence-corrected chi connectivity index (χ3v) is 3.80. The lowest BCUT2D eigenvalue weighted by Gasteiger charge is -2.13. The molecular formula is C16H20ClNO. The second-order valence-electron chi connectivity index (χ2n) is 4.94. The first kappa shape index (κ1) is 14.1. The van der Waals surface area contributed by atoms with Crippen molar-refractivity contribution in [3.05, 3.63) is 47.0 Å². The second kappa shape index (κ2) is 7.34. The molecule has 19 heavy (non-hydrogen) atoms. The molecule has 0 aromatic heterocycles. The lowest BCUT2D eigenvalue weighted by Crippen LogP contribution is -2.24. The Hall–Kier alpha value is -1.28. The smallest absolute Gasteiger partial charge is 0.251 e. The Morgan fingerprint density at radius 3 is 2.63 bits per heavy atom. The first-order valence-corrected chi connectivity index (χ1v) is 7.44. The minimum absolute atomic E-state index is 0.00229. The Balaban J connectivity index is 1.78.